The van der Waals surface area contributed by atoms with Crippen LogP contribution in [0.2, 0.25) is 0 Å². The number of carbonyl (C=O) groups is 2. The standard InChI is InChI=1S/C30H36N4O3/c1-3-37-26-12-9-24(10-13-26)32-30(36)33-25-11-14-28(34-19-16-22(2)17-20-34)27(21-25)29(35)31-18-15-23-7-5-4-6-8-23/h4-14,21-22H,3,15-20H2,1-2H3,(H,31,35)(H2,32,33,36). The van der Waals surface area contributed by atoms with E-state index in [9.17, 15) is 9.59 Å². The van der Waals surface area contributed by atoms with Gasteiger partial charge >= 0.3 is 6.03 Å². The zero-order valence-corrected chi connectivity index (χ0v) is 21.6. The van der Waals surface area contributed by atoms with Gasteiger partial charge in [0.05, 0.1) is 12.2 Å². The minimum absolute atomic E-state index is 0.139. The molecule has 0 bridgehead atoms. The molecule has 37 heavy (non-hydrogen) atoms. The molecule has 1 heterocycles. The number of ether oxygens (including phenoxy) is 1. The van der Waals surface area contributed by atoms with Crippen molar-refractivity contribution in [2.24, 2.45) is 5.92 Å². The summed E-state index contributed by atoms with van der Waals surface area (Å²) >= 11 is 0. The number of nitrogens with zero attached hydrogens (tertiary/aromatic N) is 1. The summed E-state index contributed by atoms with van der Waals surface area (Å²) in [6.45, 7) is 7.14. The molecule has 194 valence electrons. The molecule has 0 atom stereocenters. The summed E-state index contributed by atoms with van der Waals surface area (Å²) in [5.41, 5.74) is 3.86. The fourth-order valence-corrected chi connectivity index (χ4v) is 4.48. The van der Waals surface area contributed by atoms with Gasteiger partial charge < -0.3 is 25.6 Å². The topological polar surface area (TPSA) is 82.7 Å². The van der Waals surface area contributed by atoms with Crippen molar-refractivity contribution in [1.29, 1.82) is 0 Å². The Kier molecular flexibility index (Phi) is 9.03. The Morgan fingerprint density at radius 3 is 2.30 bits per heavy atom. The molecule has 1 aliphatic heterocycles. The van der Waals surface area contributed by atoms with Gasteiger partial charge in [0.15, 0.2) is 0 Å². The van der Waals surface area contributed by atoms with Gasteiger partial charge in [-0.05, 0) is 80.1 Å². The maximum atomic E-state index is 13.3. The van der Waals surface area contributed by atoms with Crippen LogP contribution in [0.15, 0.2) is 72.8 Å². The molecule has 4 rings (SSSR count). The number of piperidine rings is 1. The van der Waals surface area contributed by atoms with Crippen LogP contribution in [0.3, 0.4) is 0 Å². The van der Waals surface area contributed by atoms with Gasteiger partial charge in [0.1, 0.15) is 5.75 Å². The fourth-order valence-electron chi connectivity index (χ4n) is 4.48. The largest absolute Gasteiger partial charge is 0.494 e. The Hall–Kier alpha value is -4.00. The van der Waals surface area contributed by atoms with Crippen LogP contribution in [0.5, 0.6) is 5.75 Å². The molecule has 7 nitrogen and oxygen atoms in total. The zero-order chi connectivity index (χ0) is 26.0. The number of hydrogen-bond acceptors (Lipinski definition) is 4. The van der Waals surface area contributed by atoms with Gasteiger partial charge in [-0.2, -0.15) is 0 Å². The fraction of sp³-hybridized carbons (Fsp3) is 0.333. The van der Waals surface area contributed by atoms with Crippen LogP contribution < -0.4 is 25.6 Å². The summed E-state index contributed by atoms with van der Waals surface area (Å²) in [5, 5.41) is 8.76. The van der Waals surface area contributed by atoms with Crippen LogP contribution in [0.4, 0.5) is 21.9 Å². The normalized spacial score (nSPS) is 13.6. The van der Waals surface area contributed by atoms with Gasteiger partial charge in [0.2, 0.25) is 0 Å². The van der Waals surface area contributed by atoms with Crippen LogP contribution in [0.1, 0.15) is 42.6 Å². The van der Waals surface area contributed by atoms with Crippen LogP contribution in [0.25, 0.3) is 0 Å². The van der Waals surface area contributed by atoms with Crippen LogP contribution in [0, 0.1) is 5.92 Å². The van der Waals surface area contributed by atoms with Crippen molar-refractivity contribution in [1.82, 2.24) is 5.32 Å². The van der Waals surface area contributed by atoms with E-state index in [2.05, 4.69) is 39.9 Å². The molecule has 0 unspecified atom stereocenters. The van der Waals surface area contributed by atoms with E-state index in [1.54, 1.807) is 18.2 Å². The van der Waals surface area contributed by atoms with Gasteiger partial charge in [-0.25, -0.2) is 4.79 Å². The first-order valence-electron chi connectivity index (χ1n) is 13.0. The summed E-state index contributed by atoms with van der Waals surface area (Å²) in [5.74, 6) is 1.30. The maximum Gasteiger partial charge on any atom is 0.323 e. The van der Waals surface area contributed by atoms with Gasteiger partial charge in [-0.1, -0.05) is 37.3 Å². The zero-order valence-electron chi connectivity index (χ0n) is 21.6. The van der Waals surface area contributed by atoms with E-state index in [1.807, 2.05) is 49.4 Å². The molecule has 0 aliphatic carbocycles. The molecule has 0 aromatic heterocycles. The summed E-state index contributed by atoms with van der Waals surface area (Å²) < 4.78 is 5.45. The molecule has 1 fully saturated rings. The second kappa shape index (κ2) is 12.8. The highest BCUT2D eigenvalue weighted by atomic mass is 16.5. The molecule has 0 spiro atoms. The molecule has 3 N–H and O–H groups in total. The van der Waals surface area contributed by atoms with Gasteiger partial charge in [0.25, 0.3) is 5.91 Å². The smallest absolute Gasteiger partial charge is 0.323 e. The van der Waals surface area contributed by atoms with E-state index in [1.165, 1.54) is 5.56 Å². The van der Waals surface area contributed by atoms with Gasteiger partial charge in [0, 0.05) is 36.7 Å². The minimum Gasteiger partial charge on any atom is -0.494 e. The summed E-state index contributed by atoms with van der Waals surface area (Å²) in [6, 6.07) is 22.5. The van der Waals surface area contributed by atoms with E-state index in [-0.39, 0.29) is 11.9 Å². The van der Waals surface area contributed by atoms with Crippen molar-refractivity contribution in [3.63, 3.8) is 0 Å². The molecule has 1 aliphatic rings. The second-order valence-corrected chi connectivity index (χ2v) is 9.43. The molecule has 7 heteroatoms. The lowest BCUT2D eigenvalue weighted by atomic mass is 9.97. The monoisotopic (exact) mass is 500 g/mol. The summed E-state index contributed by atoms with van der Waals surface area (Å²) in [6.07, 6.45) is 2.95. The van der Waals surface area contributed by atoms with Gasteiger partial charge in [-0.3, -0.25) is 4.79 Å². The van der Waals surface area contributed by atoms with Crippen molar-refractivity contribution in [2.45, 2.75) is 33.1 Å². The predicted octanol–water partition coefficient (Wildman–Crippen LogP) is 5.94. The Labute approximate surface area is 219 Å². The highest BCUT2D eigenvalue weighted by Gasteiger charge is 2.22. The maximum absolute atomic E-state index is 13.3. The number of hydrogen-bond donors (Lipinski definition) is 3. The highest BCUT2D eigenvalue weighted by Crippen LogP contribution is 2.29. The quantitative estimate of drug-likeness (QED) is 0.340. The molecule has 3 aromatic rings. The van der Waals surface area contributed by atoms with E-state index < -0.39 is 0 Å². The summed E-state index contributed by atoms with van der Waals surface area (Å²) in [4.78, 5) is 28.2. The molecule has 0 radical (unpaired) electrons. The SMILES string of the molecule is CCOc1ccc(NC(=O)Nc2ccc(N3CCC(C)CC3)c(C(=O)NCCc3ccccc3)c2)cc1. The van der Waals surface area contributed by atoms with Gasteiger partial charge in [-0.15, -0.1) is 0 Å². The average Bonchev–Trinajstić information content (AvgIpc) is 2.91. The molecule has 3 aromatic carbocycles. The highest BCUT2D eigenvalue weighted by molar-refractivity contribution is 6.04. The minimum atomic E-state index is -0.376. The average molecular weight is 501 g/mol. The molecule has 1 saturated heterocycles. The first-order chi connectivity index (χ1) is 18.0. The third-order valence-corrected chi connectivity index (χ3v) is 6.59. The number of benzene rings is 3. The number of nitrogens with one attached hydrogen (secondary N) is 3. The second-order valence-electron chi connectivity index (χ2n) is 9.43. The van der Waals surface area contributed by atoms with Crippen molar-refractivity contribution in [2.75, 3.05) is 41.8 Å². The lowest BCUT2D eigenvalue weighted by Crippen LogP contribution is -2.35. The lowest BCUT2D eigenvalue weighted by molar-refractivity contribution is 0.0954. The van der Waals surface area contributed by atoms with Crippen LogP contribution in [-0.2, 0) is 6.42 Å². The molecule has 0 saturated carbocycles. The van der Waals surface area contributed by atoms with Crippen molar-refractivity contribution < 1.29 is 14.3 Å². The van der Waals surface area contributed by atoms with E-state index >= 15 is 0 Å². The van der Waals surface area contributed by atoms with E-state index in [0.717, 1.165) is 43.8 Å². The first kappa shape index (κ1) is 26.1. The Balaban J connectivity index is 1.45. The number of anilines is 3. The summed E-state index contributed by atoms with van der Waals surface area (Å²) in [7, 11) is 0. The lowest BCUT2D eigenvalue weighted by Gasteiger charge is -2.33. The van der Waals surface area contributed by atoms with Crippen molar-refractivity contribution in [3.05, 3.63) is 83.9 Å². The molecular formula is C30H36N4O3. The predicted molar refractivity (Wildman–Crippen MR) is 150 cm³/mol. The Bertz CT molecular complexity index is 1170. The Morgan fingerprint density at radius 1 is 0.919 bits per heavy atom. The third-order valence-electron chi connectivity index (χ3n) is 6.59. The van der Waals surface area contributed by atoms with E-state index in [0.29, 0.717) is 36.0 Å². The molecule has 3 amide bonds. The number of urea groups is 1. The van der Waals surface area contributed by atoms with Crippen LogP contribution in [-0.4, -0.2) is 38.2 Å². The Morgan fingerprint density at radius 2 is 1.59 bits per heavy atom. The molecular weight excluding hydrogens is 464 g/mol. The number of amides is 3. The van der Waals surface area contributed by atoms with Crippen LogP contribution >= 0.6 is 0 Å². The third kappa shape index (κ3) is 7.49. The number of carbonyl (C=O) groups excluding carboxylic acids is 2. The first-order valence-corrected chi connectivity index (χ1v) is 13.0. The van der Waals surface area contributed by atoms with Crippen molar-refractivity contribution >= 4 is 29.0 Å². The number of rotatable bonds is 9. The van der Waals surface area contributed by atoms with E-state index in [4.69, 9.17) is 4.74 Å². The van der Waals surface area contributed by atoms with Crippen molar-refractivity contribution in [3.8, 4) is 5.75 Å².